The first-order valence-corrected chi connectivity index (χ1v) is 19.7. The minimum Gasteiger partial charge on any atom is -0.483 e. The Morgan fingerprint density at radius 3 is 2.55 bits per heavy atom. The molecule has 1 saturated heterocycles. The van der Waals surface area contributed by atoms with Gasteiger partial charge in [0.15, 0.2) is 12.4 Å². The summed E-state index contributed by atoms with van der Waals surface area (Å²) >= 11 is 7.87. The van der Waals surface area contributed by atoms with Crippen molar-refractivity contribution in [2.24, 2.45) is 4.99 Å². The molecule has 2 aromatic heterocycles. The zero-order valence-corrected chi connectivity index (χ0v) is 32.7. The molecule has 0 saturated carbocycles. The van der Waals surface area contributed by atoms with Crippen molar-refractivity contribution in [2.45, 2.75) is 84.2 Å². The Balaban J connectivity index is 0.906. The molecule has 7 rings (SSSR count). The maximum atomic E-state index is 13.4. The molecule has 2 atom stereocenters. The SMILES string of the molecule is Cc1sc2c(c1C)C(c1ccc(Cl)cc1)=N[C@@H](CC(=O)CCCCCNC(=O)COc1cccc3c1C(=O)N([C@H]1CCCC(=O)NC1=O)C3=O)c1nnc(C)n1-2. The molecule has 5 amide bonds. The number of rotatable bonds is 13. The topological polar surface area (TPSA) is 182 Å². The number of hydrogen-bond donors (Lipinski definition) is 2. The van der Waals surface area contributed by atoms with Crippen LogP contribution in [0.25, 0.3) is 5.00 Å². The molecular weight excluding hydrogens is 758 g/mol. The van der Waals surface area contributed by atoms with Gasteiger partial charge in [-0.2, -0.15) is 0 Å². The molecule has 0 aliphatic carbocycles. The van der Waals surface area contributed by atoms with Crippen LogP contribution in [0, 0.1) is 20.8 Å². The van der Waals surface area contributed by atoms with Gasteiger partial charge in [0.1, 0.15) is 34.4 Å². The van der Waals surface area contributed by atoms with E-state index in [2.05, 4.69) is 34.7 Å². The fourth-order valence-corrected chi connectivity index (χ4v) is 8.63. The summed E-state index contributed by atoms with van der Waals surface area (Å²) in [6.07, 6.45) is 3.09. The number of hydrogen-bond acceptors (Lipinski definition) is 11. The van der Waals surface area contributed by atoms with Crippen LogP contribution in [0.2, 0.25) is 5.02 Å². The number of benzene rings is 2. The van der Waals surface area contributed by atoms with Crippen LogP contribution in [0.1, 0.15) is 111 Å². The minimum atomic E-state index is -1.12. The molecule has 0 unspecified atom stereocenters. The summed E-state index contributed by atoms with van der Waals surface area (Å²) in [5.74, 6) is -1.48. The second kappa shape index (κ2) is 16.3. The van der Waals surface area contributed by atoms with Crippen LogP contribution in [-0.2, 0) is 19.2 Å². The monoisotopic (exact) mass is 797 g/mol. The highest BCUT2D eigenvalue weighted by Crippen LogP contribution is 2.40. The molecule has 4 aromatic rings. The molecule has 3 aliphatic rings. The summed E-state index contributed by atoms with van der Waals surface area (Å²) < 4.78 is 7.71. The van der Waals surface area contributed by atoms with E-state index in [1.54, 1.807) is 11.3 Å². The number of aliphatic imine (C=N–C) groups is 1. The zero-order chi connectivity index (χ0) is 39.7. The number of amides is 5. The van der Waals surface area contributed by atoms with Crippen molar-refractivity contribution in [3.05, 3.63) is 91.8 Å². The van der Waals surface area contributed by atoms with Gasteiger partial charge in [-0.15, -0.1) is 21.5 Å². The zero-order valence-electron chi connectivity index (χ0n) is 31.1. The van der Waals surface area contributed by atoms with Gasteiger partial charge >= 0.3 is 0 Å². The first-order valence-electron chi connectivity index (χ1n) is 18.5. The van der Waals surface area contributed by atoms with Crippen molar-refractivity contribution in [1.29, 1.82) is 0 Å². The van der Waals surface area contributed by atoms with E-state index in [0.29, 0.717) is 49.5 Å². The number of nitrogens with zero attached hydrogens (tertiary/aromatic N) is 5. The number of thiophene rings is 1. The van der Waals surface area contributed by atoms with E-state index in [1.165, 1.54) is 18.2 Å². The van der Waals surface area contributed by atoms with Crippen molar-refractivity contribution in [3.63, 3.8) is 0 Å². The Labute approximate surface area is 331 Å². The van der Waals surface area contributed by atoms with Crippen LogP contribution in [0.15, 0.2) is 47.5 Å². The molecule has 0 radical (unpaired) electrons. The lowest BCUT2D eigenvalue weighted by molar-refractivity contribution is -0.131. The third kappa shape index (κ3) is 7.65. The maximum Gasteiger partial charge on any atom is 0.266 e. The molecule has 16 heteroatoms. The number of imide groups is 2. The minimum absolute atomic E-state index is 0.0224. The van der Waals surface area contributed by atoms with Gasteiger partial charge in [-0.3, -0.25) is 48.5 Å². The summed E-state index contributed by atoms with van der Waals surface area (Å²) in [5.41, 5.74) is 3.86. The molecule has 14 nitrogen and oxygen atoms in total. The van der Waals surface area contributed by atoms with E-state index >= 15 is 0 Å². The van der Waals surface area contributed by atoms with Gasteiger partial charge < -0.3 is 10.1 Å². The summed E-state index contributed by atoms with van der Waals surface area (Å²) in [6.45, 7) is 6.02. The second-order valence-electron chi connectivity index (χ2n) is 14.1. The third-order valence-corrected chi connectivity index (χ3v) is 11.7. The molecule has 1 fully saturated rings. The van der Waals surface area contributed by atoms with Gasteiger partial charge in [0.05, 0.1) is 16.8 Å². The summed E-state index contributed by atoms with van der Waals surface area (Å²) in [6, 6.07) is 10.4. The molecule has 56 heavy (non-hydrogen) atoms. The van der Waals surface area contributed by atoms with Crippen molar-refractivity contribution < 1.29 is 33.5 Å². The van der Waals surface area contributed by atoms with Crippen LogP contribution in [0.4, 0.5) is 0 Å². The molecule has 2 aromatic carbocycles. The predicted octanol–water partition coefficient (Wildman–Crippen LogP) is 5.31. The van der Waals surface area contributed by atoms with Crippen LogP contribution < -0.4 is 15.4 Å². The Bertz CT molecular complexity index is 2300. The molecule has 0 spiro atoms. The summed E-state index contributed by atoms with van der Waals surface area (Å²) in [7, 11) is 0. The van der Waals surface area contributed by atoms with Crippen molar-refractivity contribution in [1.82, 2.24) is 30.3 Å². The average molecular weight is 798 g/mol. The number of aromatic nitrogens is 3. The summed E-state index contributed by atoms with van der Waals surface area (Å²) in [5, 5.41) is 15.5. The fraction of sp³-hybridized carbons (Fsp3) is 0.375. The maximum absolute atomic E-state index is 13.4. The van der Waals surface area contributed by atoms with E-state index in [0.717, 1.165) is 43.0 Å². The molecule has 2 N–H and O–H groups in total. The van der Waals surface area contributed by atoms with Gasteiger partial charge in [-0.05, 0) is 76.3 Å². The molecule has 3 aliphatic heterocycles. The van der Waals surface area contributed by atoms with Crippen LogP contribution in [-0.4, -0.2) is 79.9 Å². The van der Waals surface area contributed by atoms with Crippen LogP contribution >= 0.6 is 22.9 Å². The Hall–Kier alpha value is -5.54. The van der Waals surface area contributed by atoms with Crippen molar-refractivity contribution in [2.75, 3.05) is 13.2 Å². The van der Waals surface area contributed by atoms with E-state index in [9.17, 15) is 28.8 Å². The van der Waals surface area contributed by atoms with E-state index < -0.39 is 48.2 Å². The number of aryl methyl sites for hydroxylation is 2. The molecule has 0 bridgehead atoms. The molecule has 290 valence electrons. The quantitative estimate of drug-likeness (QED) is 0.134. The first kappa shape index (κ1) is 38.7. The van der Waals surface area contributed by atoms with Crippen LogP contribution in [0.3, 0.4) is 0 Å². The van der Waals surface area contributed by atoms with E-state index in [1.807, 2.05) is 35.8 Å². The fourth-order valence-electron chi connectivity index (χ4n) is 7.29. The van der Waals surface area contributed by atoms with Crippen molar-refractivity contribution in [3.8, 4) is 10.8 Å². The number of ether oxygens (including phenoxy) is 1. The van der Waals surface area contributed by atoms with E-state index in [4.69, 9.17) is 21.3 Å². The standard InChI is InChI=1S/C40H40ClN7O7S/c1-21-22(2)56-40-33(21)35(24-14-16-25(41)17-15-24)43-28(36-46-45-23(3)47(36)40)19-26(49)9-5-4-6-18-42-32(51)20-55-30-12-7-10-27-34(30)39(54)48(38(27)53)29-11-8-13-31(50)44-37(29)52/h7,10,12,14-17,28-29H,4-6,8-9,11,13,18-20H2,1-3H3,(H,42,51)(H,44,50,52)/t28-,29-/m0/s1. The average Bonchev–Trinajstić information content (AvgIpc) is 3.69. The lowest BCUT2D eigenvalue weighted by Gasteiger charge is -2.23. The Morgan fingerprint density at radius 1 is 0.982 bits per heavy atom. The van der Waals surface area contributed by atoms with Gasteiger partial charge in [-0.1, -0.05) is 36.2 Å². The highest BCUT2D eigenvalue weighted by molar-refractivity contribution is 7.15. The highest BCUT2D eigenvalue weighted by Gasteiger charge is 2.45. The summed E-state index contributed by atoms with van der Waals surface area (Å²) in [4.78, 5) is 84.2. The third-order valence-electron chi connectivity index (χ3n) is 10.3. The largest absolute Gasteiger partial charge is 0.483 e. The number of ketones is 1. The first-order chi connectivity index (χ1) is 26.9. The highest BCUT2D eigenvalue weighted by atomic mass is 35.5. The second-order valence-corrected chi connectivity index (χ2v) is 15.7. The predicted molar refractivity (Wildman–Crippen MR) is 208 cm³/mol. The molecular formula is C40H40ClN7O7S. The molecule has 5 heterocycles. The normalized spacial score (nSPS) is 17.7. The Kier molecular flexibility index (Phi) is 11.3. The lowest BCUT2D eigenvalue weighted by atomic mass is 9.99. The number of unbranched alkanes of at least 4 members (excludes halogenated alkanes) is 2. The number of carbonyl (C=O) groups excluding carboxylic acids is 6. The van der Waals surface area contributed by atoms with Gasteiger partial charge in [-0.25, -0.2) is 0 Å². The Morgan fingerprint density at radius 2 is 1.77 bits per heavy atom. The van der Waals surface area contributed by atoms with Crippen molar-refractivity contribution >= 4 is 64.0 Å². The number of nitrogens with one attached hydrogen (secondary N) is 2. The van der Waals surface area contributed by atoms with Crippen LogP contribution in [0.5, 0.6) is 5.75 Å². The number of fused-ring (bicyclic) bond motifs is 4. The number of halogens is 1. The lowest BCUT2D eigenvalue weighted by Crippen LogP contribution is -2.49. The number of carbonyl (C=O) groups is 6. The smallest absolute Gasteiger partial charge is 0.266 e. The van der Waals surface area contributed by atoms with E-state index in [-0.39, 0.29) is 41.9 Å². The van der Waals surface area contributed by atoms with Gasteiger partial charge in [0.25, 0.3) is 17.7 Å². The van der Waals surface area contributed by atoms with Gasteiger partial charge in [0.2, 0.25) is 11.8 Å². The number of Topliss-reactive ketones (excluding diaryl/α,β-unsaturated/α-hetero) is 1. The van der Waals surface area contributed by atoms with Gasteiger partial charge in [0, 0.05) is 46.8 Å².